The topological polar surface area (TPSA) is 55.1 Å². The van der Waals surface area contributed by atoms with E-state index in [1.165, 1.54) is 4.68 Å². The van der Waals surface area contributed by atoms with E-state index in [1.807, 2.05) is 19.1 Å². The Morgan fingerprint density at radius 2 is 2.00 bits per heavy atom. The van der Waals surface area contributed by atoms with Gasteiger partial charge in [-0.25, -0.2) is 9.48 Å². The van der Waals surface area contributed by atoms with Gasteiger partial charge in [0, 0.05) is 5.02 Å². The van der Waals surface area contributed by atoms with Gasteiger partial charge in [-0.05, 0) is 31.5 Å². The molecule has 0 atom stereocenters. The van der Waals surface area contributed by atoms with Crippen LogP contribution in [0.5, 0.6) is 0 Å². The third kappa shape index (κ3) is 2.09. The van der Waals surface area contributed by atoms with Crippen LogP contribution in [0.4, 0.5) is 0 Å². The van der Waals surface area contributed by atoms with Gasteiger partial charge < -0.3 is 5.11 Å². The normalized spacial score (nSPS) is 10.7. The predicted octanol–water partition coefficient (Wildman–Crippen LogP) is 3.49. The highest BCUT2D eigenvalue weighted by Gasteiger charge is 2.19. The summed E-state index contributed by atoms with van der Waals surface area (Å²) >= 11 is 12.0. The molecule has 0 aliphatic carbocycles. The zero-order valence-electron chi connectivity index (χ0n) is 9.74. The van der Waals surface area contributed by atoms with Crippen LogP contribution < -0.4 is 0 Å². The predicted molar refractivity (Wildman–Crippen MR) is 70.0 cm³/mol. The number of nitrogens with zero attached hydrogens (tertiary/aromatic N) is 2. The smallest absolute Gasteiger partial charge is 0.358 e. The second-order valence-corrected chi connectivity index (χ2v) is 4.68. The van der Waals surface area contributed by atoms with Gasteiger partial charge in [0.2, 0.25) is 0 Å². The molecule has 1 heterocycles. The molecule has 1 N–H and O–H groups in total. The van der Waals surface area contributed by atoms with Crippen LogP contribution in [0.25, 0.3) is 5.69 Å². The second kappa shape index (κ2) is 4.63. The number of hydrogen-bond acceptors (Lipinski definition) is 2. The average Bonchev–Trinajstić information content (AvgIpc) is 2.60. The molecule has 0 unspecified atom stereocenters. The standard InChI is InChI=1S/C12H10Cl2N2O2/c1-6-3-4-8(5-9(6)13)16-7(2)10(14)11(15-16)12(17)18/h3-5H,1-2H3,(H,17,18). The van der Waals surface area contributed by atoms with E-state index in [2.05, 4.69) is 5.10 Å². The van der Waals surface area contributed by atoms with Gasteiger partial charge in [-0.1, -0.05) is 29.3 Å². The summed E-state index contributed by atoms with van der Waals surface area (Å²) in [6.45, 7) is 3.59. The molecular formula is C12H10Cl2N2O2. The van der Waals surface area contributed by atoms with Crippen molar-refractivity contribution in [3.05, 3.63) is 45.2 Å². The van der Waals surface area contributed by atoms with Gasteiger partial charge in [0.1, 0.15) is 0 Å². The quantitative estimate of drug-likeness (QED) is 0.918. The fourth-order valence-electron chi connectivity index (χ4n) is 1.58. The molecular weight excluding hydrogens is 275 g/mol. The van der Waals surface area contributed by atoms with Crippen molar-refractivity contribution in [1.29, 1.82) is 0 Å². The Labute approximate surface area is 114 Å². The average molecular weight is 285 g/mol. The summed E-state index contributed by atoms with van der Waals surface area (Å²) in [6, 6.07) is 5.37. The number of aromatic nitrogens is 2. The first-order valence-corrected chi connectivity index (χ1v) is 5.92. The number of aryl methyl sites for hydroxylation is 1. The first-order valence-electron chi connectivity index (χ1n) is 5.16. The zero-order valence-corrected chi connectivity index (χ0v) is 11.2. The summed E-state index contributed by atoms with van der Waals surface area (Å²) in [5.74, 6) is -1.15. The first kappa shape index (κ1) is 12.9. The van der Waals surface area contributed by atoms with Crippen molar-refractivity contribution >= 4 is 29.2 Å². The molecule has 0 aliphatic heterocycles. The lowest BCUT2D eigenvalue weighted by atomic mass is 10.2. The van der Waals surface area contributed by atoms with Crippen molar-refractivity contribution in [2.24, 2.45) is 0 Å². The molecule has 4 nitrogen and oxygen atoms in total. The van der Waals surface area contributed by atoms with Gasteiger partial charge in [-0.15, -0.1) is 0 Å². The van der Waals surface area contributed by atoms with Crippen LogP contribution in [-0.2, 0) is 0 Å². The molecule has 2 rings (SSSR count). The van der Waals surface area contributed by atoms with Gasteiger partial charge >= 0.3 is 5.97 Å². The third-order valence-electron chi connectivity index (χ3n) is 2.65. The Balaban J connectivity index is 2.61. The largest absolute Gasteiger partial charge is 0.476 e. The van der Waals surface area contributed by atoms with Gasteiger partial charge in [-0.2, -0.15) is 5.10 Å². The van der Waals surface area contributed by atoms with E-state index in [0.717, 1.165) is 5.56 Å². The molecule has 0 amide bonds. The van der Waals surface area contributed by atoms with Crippen LogP contribution in [0, 0.1) is 13.8 Å². The van der Waals surface area contributed by atoms with E-state index < -0.39 is 5.97 Å². The van der Waals surface area contributed by atoms with Crippen LogP contribution in [0.2, 0.25) is 10.0 Å². The minimum atomic E-state index is -1.15. The number of benzene rings is 1. The SMILES string of the molecule is Cc1ccc(-n2nc(C(=O)O)c(Cl)c2C)cc1Cl. The molecule has 0 spiro atoms. The van der Waals surface area contributed by atoms with Gasteiger partial charge in [0.15, 0.2) is 5.69 Å². The van der Waals surface area contributed by atoms with Crippen LogP contribution in [0.15, 0.2) is 18.2 Å². The van der Waals surface area contributed by atoms with Crippen molar-refractivity contribution < 1.29 is 9.90 Å². The fraction of sp³-hybridized carbons (Fsp3) is 0.167. The molecule has 2 aromatic rings. The highest BCUT2D eigenvalue weighted by molar-refractivity contribution is 6.34. The van der Waals surface area contributed by atoms with Crippen LogP contribution in [0.3, 0.4) is 0 Å². The number of carbonyl (C=O) groups is 1. The Kier molecular flexibility index (Phi) is 3.32. The monoisotopic (exact) mass is 284 g/mol. The van der Waals surface area contributed by atoms with Gasteiger partial charge in [0.25, 0.3) is 0 Å². The summed E-state index contributed by atoms with van der Waals surface area (Å²) in [4.78, 5) is 11.0. The van der Waals surface area contributed by atoms with Crippen molar-refractivity contribution in [3.63, 3.8) is 0 Å². The summed E-state index contributed by atoms with van der Waals surface area (Å²) in [6.07, 6.45) is 0. The van der Waals surface area contributed by atoms with E-state index in [4.69, 9.17) is 28.3 Å². The molecule has 1 aromatic carbocycles. The third-order valence-corrected chi connectivity index (χ3v) is 3.51. The maximum Gasteiger partial charge on any atom is 0.358 e. The minimum absolute atomic E-state index is 0.138. The first-order chi connectivity index (χ1) is 8.41. The minimum Gasteiger partial charge on any atom is -0.476 e. The van der Waals surface area contributed by atoms with E-state index in [9.17, 15) is 4.79 Å². The Morgan fingerprint density at radius 1 is 1.33 bits per heavy atom. The molecule has 0 bridgehead atoms. The maximum atomic E-state index is 11.0. The molecule has 0 fully saturated rings. The number of aromatic carboxylic acids is 1. The number of hydrogen-bond donors (Lipinski definition) is 1. The van der Waals surface area contributed by atoms with Gasteiger partial charge in [0.05, 0.1) is 16.4 Å². The van der Waals surface area contributed by atoms with Gasteiger partial charge in [-0.3, -0.25) is 0 Å². The Hall–Kier alpha value is -1.52. The Bertz CT molecular complexity index is 635. The van der Waals surface area contributed by atoms with Crippen LogP contribution in [0.1, 0.15) is 21.7 Å². The molecule has 0 radical (unpaired) electrons. The number of carboxylic acid groups (broad SMARTS) is 1. The summed E-state index contributed by atoms with van der Waals surface area (Å²) in [5, 5.41) is 13.7. The molecule has 18 heavy (non-hydrogen) atoms. The molecule has 1 aromatic heterocycles. The maximum absolute atomic E-state index is 11.0. The number of rotatable bonds is 2. The molecule has 0 saturated carbocycles. The number of halogens is 2. The zero-order chi connectivity index (χ0) is 13.4. The highest BCUT2D eigenvalue weighted by Crippen LogP contribution is 2.25. The van der Waals surface area contributed by atoms with E-state index in [-0.39, 0.29) is 10.7 Å². The number of carboxylic acids is 1. The summed E-state index contributed by atoms with van der Waals surface area (Å²) in [7, 11) is 0. The van der Waals surface area contributed by atoms with E-state index in [0.29, 0.717) is 16.4 Å². The fourth-order valence-corrected chi connectivity index (χ4v) is 1.96. The summed E-state index contributed by atoms with van der Waals surface area (Å²) < 4.78 is 1.47. The lowest BCUT2D eigenvalue weighted by Gasteiger charge is -2.06. The highest BCUT2D eigenvalue weighted by atomic mass is 35.5. The molecule has 6 heteroatoms. The lowest BCUT2D eigenvalue weighted by Crippen LogP contribution is -2.02. The van der Waals surface area contributed by atoms with Crippen LogP contribution in [-0.4, -0.2) is 20.9 Å². The van der Waals surface area contributed by atoms with E-state index in [1.54, 1.807) is 13.0 Å². The van der Waals surface area contributed by atoms with E-state index >= 15 is 0 Å². The lowest BCUT2D eigenvalue weighted by molar-refractivity contribution is 0.0690. The van der Waals surface area contributed by atoms with Crippen molar-refractivity contribution in [3.8, 4) is 5.69 Å². The molecule has 94 valence electrons. The Morgan fingerprint density at radius 3 is 2.50 bits per heavy atom. The molecule has 0 saturated heterocycles. The van der Waals surface area contributed by atoms with Crippen LogP contribution >= 0.6 is 23.2 Å². The second-order valence-electron chi connectivity index (χ2n) is 3.90. The van der Waals surface area contributed by atoms with Crippen molar-refractivity contribution in [2.45, 2.75) is 13.8 Å². The van der Waals surface area contributed by atoms with Crippen molar-refractivity contribution in [2.75, 3.05) is 0 Å². The summed E-state index contributed by atoms with van der Waals surface area (Å²) in [5.41, 5.74) is 2.02. The molecule has 0 aliphatic rings. The van der Waals surface area contributed by atoms with Crippen molar-refractivity contribution in [1.82, 2.24) is 9.78 Å².